The fraction of sp³-hybridized carbons (Fsp3) is 0.133. The largest absolute Gasteiger partial charge is 0.348 e. The zero-order valence-corrected chi connectivity index (χ0v) is 10.1. The van der Waals surface area contributed by atoms with Crippen LogP contribution in [0.3, 0.4) is 0 Å². The molecule has 2 rings (SSSR count). The summed E-state index contributed by atoms with van der Waals surface area (Å²) in [6, 6.07) is 14.0. The molecular formula is C15H14FNO. The van der Waals surface area contributed by atoms with Crippen LogP contribution < -0.4 is 5.32 Å². The van der Waals surface area contributed by atoms with Gasteiger partial charge in [0.05, 0.1) is 5.56 Å². The zero-order valence-electron chi connectivity index (χ0n) is 10.1. The Morgan fingerprint density at radius 2 is 1.89 bits per heavy atom. The van der Waals surface area contributed by atoms with Gasteiger partial charge in [0, 0.05) is 6.54 Å². The number of carbonyl (C=O) groups excluding carboxylic acids is 1. The average Bonchev–Trinajstić information content (AvgIpc) is 2.40. The minimum absolute atomic E-state index is 0.0888. The number of hydrogen-bond donors (Lipinski definition) is 1. The highest BCUT2D eigenvalue weighted by atomic mass is 19.1. The number of carbonyl (C=O) groups is 1. The molecule has 0 aliphatic heterocycles. The Balaban J connectivity index is 2.06. The molecule has 0 unspecified atom stereocenters. The molecule has 0 saturated heterocycles. The van der Waals surface area contributed by atoms with Crippen LogP contribution in [0.15, 0.2) is 48.5 Å². The molecule has 0 aliphatic rings. The lowest BCUT2D eigenvalue weighted by molar-refractivity contribution is 0.0947. The van der Waals surface area contributed by atoms with Gasteiger partial charge in [-0.05, 0) is 24.6 Å². The van der Waals surface area contributed by atoms with Crippen LogP contribution in [0.1, 0.15) is 21.5 Å². The van der Waals surface area contributed by atoms with Gasteiger partial charge in [0.15, 0.2) is 0 Å². The summed E-state index contributed by atoms with van der Waals surface area (Å²) in [6.07, 6.45) is 0. The van der Waals surface area contributed by atoms with E-state index in [2.05, 4.69) is 5.32 Å². The van der Waals surface area contributed by atoms with Gasteiger partial charge in [-0.25, -0.2) is 4.39 Å². The highest BCUT2D eigenvalue weighted by molar-refractivity contribution is 5.94. The van der Waals surface area contributed by atoms with Crippen molar-refractivity contribution < 1.29 is 9.18 Å². The third kappa shape index (κ3) is 2.94. The van der Waals surface area contributed by atoms with Gasteiger partial charge in [-0.1, -0.05) is 42.0 Å². The summed E-state index contributed by atoms with van der Waals surface area (Å²) in [5.41, 5.74) is 1.94. The Bertz CT molecular complexity index is 552. The summed E-state index contributed by atoms with van der Waals surface area (Å²) in [4.78, 5) is 11.8. The molecule has 0 spiro atoms. The number of hydrogen-bond acceptors (Lipinski definition) is 1. The van der Waals surface area contributed by atoms with Crippen molar-refractivity contribution in [1.29, 1.82) is 0 Å². The number of benzene rings is 2. The first-order chi connectivity index (χ1) is 8.66. The van der Waals surface area contributed by atoms with Crippen molar-refractivity contribution in [2.24, 2.45) is 0 Å². The fourth-order valence-electron chi connectivity index (χ4n) is 1.69. The second-order valence-corrected chi connectivity index (χ2v) is 4.15. The van der Waals surface area contributed by atoms with Gasteiger partial charge in [0.25, 0.3) is 5.91 Å². The maximum atomic E-state index is 13.5. The quantitative estimate of drug-likeness (QED) is 0.882. The van der Waals surface area contributed by atoms with Gasteiger partial charge in [-0.2, -0.15) is 0 Å². The van der Waals surface area contributed by atoms with Crippen LogP contribution in [0.5, 0.6) is 0 Å². The molecule has 2 aromatic rings. The first-order valence-electron chi connectivity index (χ1n) is 5.75. The number of halogens is 1. The van der Waals surface area contributed by atoms with E-state index in [1.165, 1.54) is 6.07 Å². The van der Waals surface area contributed by atoms with Gasteiger partial charge in [0.2, 0.25) is 0 Å². The predicted octanol–water partition coefficient (Wildman–Crippen LogP) is 3.06. The Morgan fingerprint density at radius 3 is 2.61 bits per heavy atom. The standard InChI is InChI=1S/C15H14FNO/c1-11-7-8-14(16)13(9-11)15(18)17-10-12-5-3-2-4-6-12/h2-9H,10H2,1H3,(H,17,18). The van der Waals surface area contributed by atoms with E-state index >= 15 is 0 Å². The lowest BCUT2D eigenvalue weighted by Gasteiger charge is -2.07. The minimum Gasteiger partial charge on any atom is -0.348 e. The van der Waals surface area contributed by atoms with Gasteiger partial charge in [0.1, 0.15) is 5.82 Å². The first-order valence-corrected chi connectivity index (χ1v) is 5.75. The topological polar surface area (TPSA) is 29.1 Å². The van der Waals surface area contributed by atoms with E-state index in [0.717, 1.165) is 11.1 Å². The third-order valence-electron chi connectivity index (χ3n) is 2.66. The Hall–Kier alpha value is -2.16. The van der Waals surface area contributed by atoms with Crippen molar-refractivity contribution in [3.8, 4) is 0 Å². The second-order valence-electron chi connectivity index (χ2n) is 4.15. The zero-order chi connectivity index (χ0) is 13.0. The normalized spacial score (nSPS) is 10.1. The highest BCUT2D eigenvalue weighted by Gasteiger charge is 2.11. The molecule has 0 bridgehead atoms. The summed E-state index contributed by atoms with van der Waals surface area (Å²) < 4.78 is 13.5. The molecular weight excluding hydrogens is 229 g/mol. The molecule has 0 radical (unpaired) electrons. The lowest BCUT2D eigenvalue weighted by atomic mass is 10.1. The van der Waals surface area contributed by atoms with Crippen LogP contribution in [-0.4, -0.2) is 5.91 Å². The SMILES string of the molecule is Cc1ccc(F)c(C(=O)NCc2ccccc2)c1. The summed E-state index contributed by atoms with van der Waals surface area (Å²) in [5.74, 6) is -0.883. The van der Waals surface area contributed by atoms with Crippen molar-refractivity contribution in [3.63, 3.8) is 0 Å². The molecule has 1 N–H and O–H groups in total. The van der Waals surface area contributed by atoms with E-state index in [4.69, 9.17) is 0 Å². The van der Waals surface area contributed by atoms with Crippen LogP contribution in [-0.2, 0) is 6.54 Å². The Labute approximate surface area is 105 Å². The molecule has 0 atom stereocenters. The maximum absolute atomic E-state index is 13.5. The molecule has 18 heavy (non-hydrogen) atoms. The van der Waals surface area contributed by atoms with Crippen molar-refractivity contribution in [2.75, 3.05) is 0 Å². The molecule has 2 aromatic carbocycles. The lowest BCUT2D eigenvalue weighted by Crippen LogP contribution is -2.23. The smallest absolute Gasteiger partial charge is 0.254 e. The second kappa shape index (κ2) is 5.45. The average molecular weight is 243 g/mol. The Kier molecular flexibility index (Phi) is 3.72. The van der Waals surface area contributed by atoms with Crippen LogP contribution >= 0.6 is 0 Å². The highest BCUT2D eigenvalue weighted by Crippen LogP contribution is 2.10. The summed E-state index contributed by atoms with van der Waals surface area (Å²) in [5, 5.41) is 2.70. The number of rotatable bonds is 3. The number of nitrogens with one attached hydrogen (secondary N) is 1. The van der Waals surface area contributed by atoms with Crippen molar-refractivity contribution in [2.45, 2.75) is 13.5 Å². The molecule has 0 saturated carbocycles. The van der Waals surface area contributed by atoms with Gasteiger partial charge >= 0.3 is 0 Å². The van der Waals surface area contributed by atoms with Gasteiger partial charge < -0.3 is 5.32 Å². The van der Waals surface area contributed by atoms with Crippen molar-refractivity contribution in [3.05, 3.63) is 71.0 Å². The molecule has 92 valence electrons. The number of amides is 1. The van der Waals surface area contributed by atoms with Crippen molar-refractivity contribution >= 4 is 5.91 Å². The summed E-state index contributed by atoms with van der Waals surface area (Å²) >= 11 is 0. The van der Waals surface area contributed by atoms with E-state index in [9.17, 15) is 9.18 Å². The molecule has 0 aliphatic carbocycles. The molecule has 0 heterocycles. The van der Waals surface area contributed by atoms with Crippen LogP contribution in [0.25, 0.3) is 0 Å². The molecule has 1 amide bonds. The van der Waals surface area contributed by atoms with Crippen LogP contribution in [0, 0.1) is 12.7 Å². The van der Waals surface area contributed by atoms with E-state index in [-0.39, 0.29) is 11.5 Å². The summed E-state index contributed by atoms with van der Waals surface area (Å²) in [7, 11) is 0. The van der Waals surface area contributed by atoms with Crippen molar-refractivity contribution in [1.82, 2.24) is 5.32 Å². The molecule has 2 nitrogen and oxygen atoms in total. The monoisotopic (exact) mass is 243 g/mol. The molecule has 0 fully saturated rings. The Morgan fingerprint density at radius 1 is 1.17 bits per heavy atom. The minimum atomic E-state index is -0.494. The maximum Gasteiger partial charge on any atom is 0.254 e. The van der Waals surface area contributed by atoms with Crippen LogP contribution in [0.2, 0.25) is 0 Å². The third-order valence-corrected chi connectivity index (χ3v) is 2.66. The van der Waals surface area contributed by atoms with Gasteiger partial charge in [-0.15, -0.1) is 0 Å². The fourth-order valence-corrected chi connectivity index (χ4v) is 1.69. The van der Waals surface area contributed by atoms with E-state index in [1.54, 1.807) is 12.1 Å². The van der Waals surface area contributed by atoms with E-state index in [1.807, 2.05) is 37.3 Å². The van der Waals surface area contributed by atoms with E-state index in [0.29, 0.717) is 6.54 Å². The molecule has 3 heteroatoms. The predicted molar refractivity (Wildman–Crippen MR) is 68.7 cm³/mol. The van der Waals surface area contributed by atoms with E-state index < -0.39 is 5.82 Å². The van der Waals surface area contributed by atoms with Gasteiger partial charge in [-0.3, -0.25) is 4.79 Å². The van der Waals surface area contributed by atoms with Crippen LogP contribution in [0.4, 0.5) is 4.39 Å². The molecule has 0 aromatic heterocycles. The summed E-state index contributed by atoms with van der Waals surface area (Å²) in [6.45, 7) is 2.22. The first kappa shape index (κ1) is 12.3. The number of aryl methyl sites for hydroxylation is 1.